The monoisotopic (exact) mass is 298 g/mol. The van der Waals surface area contributed by atoms with Crippen LogP contribution in [0.3, 0.4) is 0 Å². The maximum Gasteiger partial charge on any atom is 0.243 e. The van der Waals surface area contributed by atoms with Gasteiger partial charge in [0.2, 0.25) is 10.0 Å². The van der Waals surface area contributed by atoms with E-state index < -0.39 is 10.0 Å². The molecule has 1 fully saturated rings. The van der Waals surface area contributed by atoms with Crippen molar-refractivity contribution in [3.05, 3.63) is 29.8 Å². The van der Waals surface area contributed by atoms with Crippen LogP contribution in [-0.4, -0.2) is 45.6 Å². The van der Waals surface area contributed by atoms with E-state index in [2.05, 4.69) is 5.32 Å². The molecule has 0 spiro atoms. The molecule has 1 aromatic carbocycles. The van der Waals surface area contributed by atoms with Crippen LogP contribution in [0.2, 0.25) is 0 Å². The highest BCUT2D eigenvalue weighted by Gasteiger charge is 2.27. The molecule has 5 nitrogen and oxygen atoms in total. The lowest BCUT2D eigenvalue weighted by molar-refractivity contribution is 0.148. The van der Waals surface area contributed by atoms with Gasteiger partial charge in [-0.2, -0.15) is 4.31 Å². The molecule has 0 saturated carbocycles. The van der Waals surface area contributed by atoms with Crippen LogP contribution in [0.5, 0.6) is 0 Å². The van der Waals surface area contributed by atoms with Gasteiger partial charge in [0, 0.05) is 26.2 Å². The van der Waals surface area contributed by atoms with Crippen LogP contribution >= 0.6 is 0 Å². The molecule has 1 aliphatic rings. The minimum Gasteiger partial charge on any atom is -0.380 e. The second-order valence-electron chi connectivity index (χ2n) is 4.76. The van der Waals surface area contributed by atoms with E-state index >= 15 is 0 Å². The summed E-state index contributed by atoms with van der Waals surface area (Å²) in [4.78, 5) is 0.405. The van der Waals surface area contributed by atoms with Gasteiger partial charge in [-0.3, -0.25) is 0 Å². The SMILES string of the molecule is CCNCc1ccccc1S(=O)(=O)N1CCCOCC1. The minimum absolute atomic E-state index is 0.405. The molecule has 1 saturated heterocycles. The van der Waals surface area contributed by atoms with Crippen molar-refractivity contribution < 1.29 is 13.2 Å². The smallest absolute Gasteiger partial charge is 0.243 e. The molecule has 0 bridgehead atoms. The number of nitrogens with zero attached hydrogens (tertiary/aromatic N) is 1. The summed E-state index contributed by atoms with van der Waals surface area (Å²) in [5.41, 5.74) is 0.819. The molecule has 0 aromatic heterocycles. The lowest BCUT2D eigenvalue weighted by Crippen LogP contribution is -2.34. The first-order chi connectivity index (χ1) is 9.66. The van der Waals surface area contributed by atoms with Crippen molar-refractivity contribution in [2.45, 2.75) is 24.8 Å². The van der Waals surface area contributed by atoms with Crippen LogP contribution in [0.15, 0.2) is 29.2 Å². The molecule has 1 N–H and O–H groups in total. The third-order valence-electron chi connectivity index (χ3n) is 3.34. The van der Waals surface area contributed by atoms with Crippen molar-refractivity contribution >= 4 is 10.0 Å². The Balaban J connectivity index is 2.28. The van der Waals surface area contributed by atoms with E-state index in [9.17, 15) is 8.42 Å². The zero-order chi connectivity index (χ0) is 14.4. The normalized spacial score (nSPS) is 17.9. The van der Waals surface area contributed by atoms with E-state index in [0.29, 0.717) is 37.7 Å². The van der Waals surface area contributed by atoms with Gasteiger partial charge in [-0.15, -0.1) is 0 Å². The highest BCUT2D eigenvalue weighted by molar-refractivity contribution is 7.89. The summed E-state index contributed by atoms with van der Waals surface area (Å²) in [6.07, 6.45) is 0.745. The molecule has 0 unspecified atom stereocenters. The first-order valence-corrected chi connectivity index (χ1v) is 8.47. The summed E-state index contributed by atoms with van der Waals surface area (Å²) in [5, 5.41) is 3.18. The summed E-state index contributed by atoms with van der Waals surface area (Å²) >= 11 is 0. The second kappa shape index (κ2) is 7.17. The molecule has 0 atom stereocenters. The van der Waals surface area contributed by atoms with Crippen LogP contribution in [-0.2, 0) is 21.3 Å². The van der Waals surface area contributed by atoms with Gasteiger partial charge in [-0.05, 0) is 24.6 Å². The van der Waals surface area contributed by atoms with Crippen molar-refractivity contribution in [2.24, 2.45) is 0 Å². The van der Waals surface area contributed by atoms with Crippen LogP contribution in [0, 0.1) is 0 Å². The largest absolute Gasteiger partial charge is 0.380 e. The van der Waals surface area contributed by atoms with E-state index in [-0.39, 0.29) is 0 Å². The molecule has 20 heavy (non-hydrogen) atoms. The molecule has 0 aliphatic carbocycles. The van der Waals surface area contributed by atoms with Crippen molar-refractivity contribution in [2.75, 3.05) is 32.8 Å². The van der Waals surface area contributed by atoms with E-state index in [1.165, 1.54) is 4.31 Å². The van der Waals surface area contributed by atoms with Gasteiger partial charge in [-0.25, -0.2) is 8.42 Å². The molecular formula is C14H22N2O3S. The highest BCUT2D eigenvalue weighted by Crippen LogP contribution is 2.21. The predicted molar refractivity (Wildman–Crippen MR) is 78.0 cm³/mol. The average Bonchev–Trinajstić information content (AvgIpc) is 2.75. The van der Waals surface area contributed by atoms with Gasteiger partial charge >= 0.3 is 0 Å². The molecule has 1 heterocycles. The van der Waals surface area contributed by atoms with Crippen molar-refractivity contribution in [3.63, 3.8) is 0 Å². The first-order valence-electron chi connectivity index (χ1n) is 7.02. The summed E-state index contributed by atoms with van der Waals surface area (Å²) in [7, 11) is -3.43. The van der Waals surface area contributed by atoms with Crippen molar-refractivity contribution in [3.8, 4) is 0 Å². The van der Waals surface area contributed by atoms with Crippen LogP contribution in [0.1, 0.15) is 18.9 Å². The highest BCUT2D eigenvalue weighted by atomic mass is 32.2. The summed E-state index contributed by atoms with van der Waals surface area (Å²) in [6, 6.07) is 7.20. The summed E-state index contributed by atoms with van der Waals surface area (Å²) in [6.45, 7) is 5.43. The molecular weight excluding hydrogens is 276 g/mol. The van der Waals surface area contributed by atoms with Gasteiger partial charge < -0.3 is 10.1 Å². The summed E-state index contributed by atoms with van der Waals surface area (Å²) in [5.74, 6) is 0. The molecule has 0 amide bonds. The maximum absolute atomic E-state index is 12.8. The summed E-state index contributed by atoms with van der Waals surface area (Å²) < 4.78 is 32.4. The van der Waals surface area contributed by atoms with E-state index in [0.717, 1.165) is 18.5 Å². The molecule has 1 aliphatic heterocycles. The lowest BCUT2D eigenvalue weighted by atomic mass is 10.2. The number of sulfonamides is 1. The predicted octanol–water partition coefficient (Wildman–Crippen LogP) is 1.21. The Morgan fingerprint density at radius 2 is 2.05 bits per heavy atom. The van der Waals surface area contributed by atoms with Gasteiger partial charge in [0.1, 0.15) is 0 Å². The quantitative estimate of drug-likeness (QED) is 0.887. The Labute approximate surface area is 121 Å². The average molecular weight is 298 g/mol. The molecule has 112 valence electrons. The lowest BCUT2D eigenvalue weighted by Gasteiger charge is -2.21. The standard InChI is InChI=1S/C14H22N2O3S/c1-2-15-12-13-6-3-4-7-14(13)20(17,18)16-8-5-10-19-11-9-16/h3-4,6-7,15H,2,5,8-12H2,1H3. The van der Waals surface area contributed by atoms with Crippen molar-refractivity contribution in [1.29, 1.82) is 0 Å². The topological polar surface area (TPSA) is 58.6 Å². The first kappa shape index (κ1) is 15.4. The van der Waals surface area contributed by atoms with E-state index in [4.69, 9.17) is 4.74 Å². The fraction of sp³-hybridized carbons (Fsp3) is 0.571. The fourth-order valence-corrected chi connectivity index (χ4v) is 3.95. The second-order valence-corrected chi connectivity index (χ2v) is 6.66. The fourth-order valence-electron chi connectivity index (χ4n) is 2.26. The Kier molecular flexibility index (Phi) is 5.54. The molecule has 6 heteroatoms. The maximum atomic E-state index is 12.8. The minimum atomic E-state index is -3.43. The van der Waals surface area contributed by atoms with Gasteiger partial charge in [0.25, 0.3) is 0 Å². The van der Waals surface area contributed by atoms with Crippen LogP contribution in [0.4, 0.5) is 0 Å². The van der Waals surface area contributed by atoms with Crippen LogP contribution in [0.25, 0.3) is 0 Å². The van der Waals surface area contributed by atoms with Gasteiger partial charge in [0.15, 0.2) is 0 Å². The van der Waals surface area contributed by atoms with Gasteiger partial charge in [0.05, 0.1) is 11.5 Å². The number of ether oxygens (including phenoxy) is 1. The van der Waals surface area contributed by atoms with E-state index in [1.807, 2.05) is 19.1 Å². The number of hydrogen-bond donors (Lipinski definition) is 1. The molecule has 1 aromatic rings. The Bertz CT molecular complexity index is 523. The third kappa shape index (κ3) is 3.58. The zero-order valence-electron chi connectivity index (χ0n) is 11.8. The Morgan fingerprint density at radius 1 is 1.25 bits per heavy atom. The van der Waals surface area contributed by atoms with E-state index in [1.54, 1.807) is 12.1 Å². The number of nitrogens with one attached hydrogen (secondary N) is 1. The van der Waals surface area contributed by atoms with Crippen LogP contribution < -0.4 is 5.32 Å². The van der Waals surface area contributed by atoms with Gasteiger partial charge in [-0.1, -0.05) is 25.1 Å². The Hall–Kier alpha value is -0.950. The number of hydrogen-bond acceptors (Lipinski definition) is 4. The third-order valence-corrected chi connectivity index (χ3v) is 5.34. The zero-order valence-corrected chi connectivity index (χ0v) is 12.7. The number of rotatable bonds is 5. The molecule has 2 rings (SSSR count). The Morgan fingerprint density at radius 3 is 2.85 bits per heavy atom. The van der Waals surface area contributed by atoms with Crippen molar-refractivity contribution in [1.82, 2.24) is 9.62 Å². The number of benzene rings is 1. The molecule has 0 radical (unpaired) electrons.